The molecule has 0 amide bonds. The number of nitroso groups, excluding NO2 is 1. The van der Waals surface area contributed by atoms with Gasteiger partial charge in [0.15, 0.2) is 11.6 Å². The summed E-state index contributed by atoms with van der Waals surface area (Å²) in [6.45, 7) is 0. The number of ether oxygens (including phenoxy) is 1. The van der Waals surface area contributed by atoms with Crippen molar-refractivity contribution in [1.29, 1.82) is 0 Å². The van der Waals surface area contributed by atoms with Crippen molar-refractivity contribution >= 4 is 22.7 Å². The van der Waals surface area contributed by atoms with Crippen LogP contribution in [0.2, 0.25) is 0 Å². The lowest BCUT2D eigenvalue weighted by molar-refractivity contribution is 0.398. The van der Waals surface area contributed by atoms with Gasteiger partial charge in [0, 0.05) is 12.3 Å². The second-order valence-corrected chi connectivity index (χ2v) is 5.62. The van der Waals surface area contributed by atoms with Gasteiger partial charge in [-0.15, -0.1) is 5.10 Å². The largest absolute Gasteiger partial charge is 0.481 e. The molecular weight excluding hydrogens is 379 g/mol. The van der Waals surface area contributed by atoms with Gasteiger partial charge in [0.05, 0.1) is 37.9 Å². The molecule has 0 aliphatic heterocycles. The minimum atomic E-state index is -0.496. The number of hydrogen-bond donors (Lipinski definition) is 2. The molecule has 148 valence electrons. The third kappa shape index (κ3) is 4.40. The fourth-order valence-corrected chi connectivity index (χ4v) is 2.48. The summed E-state index contributed by atoms with van der Waals surface area (Å²) in [7, 11) is 2.72. The maximum atomic E-state index is 14.0. The molecule has 0 fully saturated rings. The highest BCUT2D eigenvalue weighted by atomic mass is 19.1. The van der Waals surface area contributed by atoms with E-state index in [0.29, 0.717) is 34.4 Å². The number of hydrogen-bond acceptors (Lipinski definition) is 9. The molecule has 4 heterocycles. The van der Waals surface area contributed by atoms with Crippen molar-refractivity contribution in [1.82, 2.24) is 24.6 Å². The summed E-state index contributed by atoms with van der Waals surface area (Å²) < 4.78 is 20.7. The number of aromatic nitrogens is 5. The number of halogens is 1. The van der Waals surface area contributed by atoms with Gasteiger partial charge >= 0.3 is 0 Å². The molecular formula is C18H17FN8O2. The SMILES string of the molecule is CN=O.COc1cccc(-c2nc(Nc3ccncc3F)c3cc(N)cn3n2)n1. The van der Waals surface area contributed by atoms with Gasteiger partial charge in [-0.05, 0) is 18.2 Å². The highest BCUT2D eigenvalue weighted by molar-refractivity contribution is 5.77. The summed E-state index contributed by atoms with van der Waals surface area (Å²) in [5.74, 6) is 0.670. The Morgan fingerprint density at radius 3 is 2.79 bits per heavy atom. The lowest BCUT2D eigenvalue weighted by Crippen LogP contribution is -2.05. The van der Waals surface area contributed by atoms with Crippen LogP contribution in [0.15, 0.2) is 54.1 Å². The molecule has 0 aromatic carbocycles. The zero-order valence-electron chi connectivity index (χ0n) is 15.6. The zero-order chi connectivity index (χ0) is 20.8. The molecule has 0 radical (unpaired) electrons. The minimum absolute atomic E-state index is 0.241. The van der Waals surface area contributed by atoms with E-state index in [4.69, 9.17) is 15.4 Å². The first-order valence-electron chi connectivity index (χ1n) is 8.31. The van der Waals surface area contributed by atoms with E-state index >= 15 is 0 Å². The number of nitrogen functional groups attached to an aromatic ring is 1. The molecule has 29 heavy (non-hydrogen) atoms. The molecule has 0 spiro atoms. The molecule has 0 unspecified atom stereocenters. The topological polar surface area (TPSA) is 133 Å². The van der Waals surface area contributed by atoms with Crippen LogP contribution in [0.3, 0.4) is 0 Å². The van der Waals surface area contributed by atoms with Crippen LogP contribution in [-0.4, -0.2) is 38.7 Å². The van der Waals surface area contributed by atoms with Crippen molar-refractivity contribution in [2.24, 2.45) is 5.18 Å². The number of nitrogens with zero attached hydrogens (tertiary/aromatic N) is 6. The molecule has 0 atom stereocenters. The average Bonchev–Trinajstić information content (AvgIpc) is 3.11. The summed E-state index contributed by atoms with van der Waals surface area (Å²) in [6.07, 6.45) is 4.26. The smallest absolute Gasteiger partial charge is 0.213 e. The van der Waals surface area contributed by atoms with Gasteiger partial charge in [-0.25, -0.2) is 18.9 Å². The molecule has 11 heteroatoms. The van der Waals surface area contributed by atoms with Crippen molar-refractivity contribution in [2.45, 2.75) is 0 Å². The van der Waals surface area contributed by atoms with Crippen molar-refractivity contribution in [3.63, 3.8) is 0 Å². The molecule has 10 nitrogen and oxygen atoms in total. The number of fused-ring (bicyclic) bond motifs is 1. The van der Waals surface area contributed by atoms with Crippen LogP contribution in [0.1, 0.15) is 0 Å². The lowest BCUT2D eigenvalue weighted by atomic mass is 10.3. The second-order valence-electron chi connectivity index (χ2n) is 5.62. The molecule has 0 saturated carbocycles. The summed E-state index contributed by atoms with van der Waals surface area (Å²) in [4.78, 5) is 21.1. The monoisotopic (exact) mass is 396 g/mol. The molecule has 0 aliphatic rings. The van der Waals surface area contributed by atoms with E-state index in [2.05, 4.69) is 30.5 Å². The van der Waals surface area contributed by atoms with Gasteiger partial charge in [-0.2, -0.15) is 4.91 Å². The Kier molecular flexibility index (Phi) is 5.88. The quantitative estimate of drug-likeness (QED) is 0.503. The molecule has 4 aromatic heterocycles. The van der Waals surface area contributed by atoms with Crippen molar-refractivity contribution in [3.8, 4) is 17.4 Å². The first kappa shape index (κ1) is 19.6. The highest BCUT2D eigenvalue weighted by Crippen LogP contribution is 2.26. The summed E-state index contributed by atoms with van der Waals surface area (Å²) in [5.41, 5.74) is 7.74. The van der Waals surface area contributed by atoms with Crippen LogP contribution < -0.4 is 15.8 Å². The van der Waals surface area contributed by atoms with Gasteiger partial charge in [-0.1, -0.05) is 11.2 Å². The van der Waals surface area contributed by atoms with Crippen molar-refractivity contribution in [2.75, 3.05) is 25.2 Å². The number of methoxy groups -OCH3 is 1. The van der Waals surface area contributed by atoms with Crippen LogP contribution in [0.5, 0.6) is 5.88 Å². The van der Waals surface area contributed by atoms with E-state index in [1.807, 2.05) is 0 Å². The maximum Gasteiger partial charge on any atom is 0.213 e. The Balaban J connectivity index is 0.000000755. The third-order valence-corrected chi connectivity index (χ3v) is 3.67. The number of anilines is 3. The number of nitrogens with one attached hydrogen (secondary N) is 1. The Morgan fingerprint density at radius 1 is 1.28 bits per heavy atom. The Morgan fingerprint density at radius 2 is 2.07 bits per heavy atom. The van der Waals surface area contributed by atoms with E-state index < -0.39 is 5.82 Å². The summed E-state index contributed by atoms with van der Waals surface area (Å²) >= 11 is 0. The summed E-state index contributed by atoms with van der Waals surface area (Å²) in [6, 6.07) is 8.48. The van der Waals surface area contributed by atoms with Crippen molar-refractivity contribution < 1.29 is 9.13 Å². The van der Waals surface area contributed by atoms with Crippen LogP contribution in [-0.2, 0) is 0 Å². The molecule has 3 N–H and O–H groups in total. The fourth-order valence-electron chi connectivity index (χ4n) is 2.48. The van der Waals surface area contributed by atoms with E-state index in [-0.39, 0.29) is 5.69 Å². The molecule has 4 rings (SSSR count). The first-order valence-corrected chi connectivity index (χ1v) is 8.31. The highest BCUT2D eigenvalue weighted by Gasteiger charge is 2.14. The van der Waals surface area contributed by atoms with Crippen molar-refractivity contribution in [3.05, 3.63) is 59.6 Å². The first-order chi connectivity index (χ1) is 14.0. The Hall–Kier alpha value is -4.15. The lowest BCUT2D eigenvalue weighted by Gasteiger charge is -2.10. The van der Waals surface area contributed by atoms with E-state index in [1.165, 1.54) is 26.4 Å². The van der Waals surface area contributed by atoms with Crippen LogP contribution in [0.4, 0.5) is 21.6 Å². The predicted octanol–water partition coefficient (Wildman–Crippen LogP) is 3.04. The van der Waals surface area contributed by atoms with E-state index in [9.17, 15) is 4.39 Å². The Labute approximate surface area is 164 Å². The number of nitrogens with two attached hydrogens (primary N) is 1. The van der Waals surface area contributed by atoms with Gasteiger partial charge in [0.1, 0.15) is 11.2 Å². The Bertz CT molecular complexity index is 1150. The van der Waals surface area contributed by atoms with Crippen LogP contribution in [0, 0.1) is 10.7 Å². The predicted molar refractivity (Wildman–Crippen MR) is 106 cm³/mol. The van der Waals surface area contributed by atoms with Crippen LogP contribution in [0.25, 0.3) is 17.0 Å². The molecule has 0 saturated heterocycles. The molecule has 4 aromatic rings. The standard InChI is InChI=1S/C17H14FN7O.CH3NO/c1-26-15-4-2-3-13(21-15)16-23-17(14-7-10(19)9-25(14)24-16)22-12-5-6-20-8-11(12)18;1-2-3/h2-9H,19H2,1H3,(H,20,22,23,24);1H3. The zero-order valence-corrected chi connectivity index (χ0v) is 15.6. The fraction of sp³-hybridized carbons (Fsp3) is 0.111. The normalized spacial score (nSPS) is 10.2. The molecule has 0 aliphatic carbocycles. The number of rotatable bonds is 4. The third-order valence-electron chi connectivity index (χ3n) is 3.67. The van der Waals surface area contributed by atoms with E-state index in [0.717, 1.165) is 6.20 Å². The number of pyridine rings is 2. The maximum absolute atomic E-state index is 14.0. The van der Waals surface area contributed by atoms with Gasteiger partial charge < -0.3 is 15.8 Å². The van der Waals surface area contributed by atoms with Gasteiger partial charge in [-0.3, -0.25) is 4.98 Å². The average molecular weight is 396 g/mol. The molecule has 0 bridgehead atoms. The van der Waals surface area contributed by atoms with Crippen LogP contribution >= 0.6 is 0 Å². The van der Waals surface area contributed by atoms with E-state index in [1.54, 1.807) is 35.0 Å². The summed E-state index contributed by atoms with van der Waals surface area (Å²) in [5, 5.41) is 9.64. The second kappa shape index (κ2) is 8.69. The van der Waals surface area contributed by atoms with Gasteiger partial charge in [0.25, 0.3) is 0 Å². The van der Waals surface area contributed by atoms with Gasteiger partial charge in [0.2, 0.25) is 11.7 Å². The minimum Gasteiger partial charge on any atom is -0.481 e.